The van der Waals surface area contributed by atoms with Gasteiger partial charge >= 0.3 is 0 Å². The molecule has 0 spiro atoms. The van der Waals surface area contributed by atoms with Crippen molar-refractivity contribution < 1.29 is 28.2 Å². The van der Waals surface area contributed by atoms with Gasteiger partial charge in [0.15, 0.2) is 22.7 Å². The Morgan fingerprint density at radius 3 is 2.39 bits per heavy atom. The highest BCUT2D eigenvalue weighted by molar-refractivity contribution is 6.10. The van der Waals surface area contributed by atoms with E-state index in [4.69, 9.17) is 18.6 Å². The minimum Gasteiger partial charge on any atom is -0.495 e. The summed E-state index contributed by atoms with van der Waals surface area (Å²) in [5, 5.41) is 6.67. The van der Waals surface area contributed by atoms with E-state index in [2.05, 4.69) is 10.6 Å². The summed E-state index contributed by atoms with van der Waals surface area (Å²) in [6.07, 6.45) is 2.05. The smallest absolute Gasteiger partial charge is 0.254 e. The van der Waals surface area contributed by atoms with Crippen LogP contribution in [-0.2, 0) is 9.59 Å². The van der Waals surface area contributed by atoms with Gasteiger partial charge in [0.05, 0.1) is 44.6 Å². The van der Waals surface area contributed by atoms with E-state index >= 15 is 0 Å². The summed E-state index contributed by atoms with van der Waals surface area (Å²) in [6, 6.07) is 19.6. The topological polar surface area (TPSA) is 116 Å². The molecule has 0 fully saturated rings. The normalized spacial score (nSPS) is 18.0. The number of hydrogen-bond acceptors (Lipinski definition) is 8. The second-order valence-corrected chi connectivity index (χ2v) is 10.8. The van der Waals surface area contributed by atoms with Crippen molar-refractivity contribution in [3.63, 3.8) is 0 Å². The van der Waals surface area contributed by atoms with Gasteiger partial charge < -0.3 is 29.3 Å². The lowest BCUT2D eigenvalue weighted by atomic mass is 9.71. The van der Waals surface area contributed by atoms with Gasteiger partial charge in [-0.1, -0.05) is 30.3 Å². The number of rotatable bonds is 7. The molecule has 4 aromatic rings. The second kappa shape index (κ2) is 11.8. The Bertz CT molecular complexity index is 1920. The summed E-state index contributed by atoms with van der Waals surface area (Å²) >= 11 is 0. The van der Waals surface area contributed by atoms with E-state index in [-0.39, 0.29) is 34.7 Å². The number of carbonyl (C=O) groups is 2. The number of methoxy groups -OCH3 is 3. The lowest BCUT2D eigenvalue weighted by Gasteiger charge is -2.36. The Hall–Kier alpha value is -5.31. The van der Waals surface area contributed by atoms with E-state index in [1.54, 1.807) is 69.7 Å². The number of benzene rings is 3. The second-order valence-electron chi connectivity index (χ2n) is 10.8. The zero-order valence-electron chi connectivity index (χ0n) is 24.9. The molecule has 1 aromatic heterocycles. The predicted molar refractivity (Wildman–Crippen MR) is 166 cm³/mol. The van der Waals surface area contributed by atoms with Crippen LogP contribution in [0.3, 0.4) is 0 Å². The Morgan fingerprint density at radius 2 is 1.61 bits per heavy atom. The molecule has 0 unspecified atom stereocenters. The molecule has 44 heavy (non-hydrogen) atoms. The zero-order chi connectivity index (χ0) is 31.0. The van der Waals surface area contributed by atoms with Crippen molar-refractivity contribution in [2.45, 2.75) is 31.6 Å². The number of nitrogens with one attached hydrogen (secondary N) is 2. The van der Waals surface area contributed by atoms with E-state index in [1.165, 1.54) is 13.4 Å². The SMILES string of the molecule is COc1ccccc1NC(=O)C1=C(C)NC2=C(C(=O)C[C@H](c3ccc(OC)c(OC)c3)C2)[C@H]1c1coc2ccccc2c1=O. The van der Waals surface area contributed by atoms with Gasteiger partial charge in [0.2, 0.25) is 0 Å². The van der Waals surface area contributed by atoms with Gasteiger partial charge in [0.1, 0.15) is 11.3 Å². The third-order valence-corrected chi connectivity index (χ3v) is 8.32. The quantitative estimate of drug-likeness (QED) is 0.276. The molecule has 1 aliphatic carbocycles. The third kappa shape index (κ3) is 5.00. The highest BCUT2D eigenvalue weighted by Gasteiger charge is 2.42. The average molecular weight is 593 g/mol. The number of allylic oxidation sites excluding steroid dienone is 3. The van der Waals surface area contributed by atoms with E-state index in [1.807, 2.05) is 18.2 Å². The van der Waals surface area contributed by atoms with Crippen molar-refractivity contribution >= 4 is 28.3 Å². The number of para-hydroxylation sites is 3. The largest absolute Gasteiger partial charge is 0.495 e. The van der Waals surface area contributed by atoms with Crippen molar-refractivity contribution in [2.75, 3.05) is 26.6 Å². The molecule has 9 heteroatoms. The standard InChI is InChI=1S/C35H32N2O7/c1-19-31(35(40)37-24-10-6-8-12-28(24)41-2)32(23-18-44-27-11-7-5-9-22(27)34(23)39)33-25(36-19)15-21(16-26(33)38)20-13-14-29(42-3)30(17-20)43-4/h5-14,17-18,21,32,36H,15-16H2,1-4H3,(H,37,40)/t21-,32+/m1/s1. The van der Waals surface area contributed by atoms with E-state index < -0.39 is 11.8 Å². The van der Waals surface area contributed by atoms with Crippen LogP contribution in [-0.4, -0.2) is 33.0 Å². The van der Waals surface area contributed by atoms with Gasteiger partial charge in [-0.25, -0.2) is 0 Å². The minimum atomic E-state index is -0.944. The lowest BCUT2D eigenvalue weighted by Crippen LogP contribution is -2.38. The molecule has 0 saturated carbocycles. The van der Waals surface area contributed by atoms with E-state index in [9.17, 15) is 14.4 Å². The maximum absolute atomic E-state index is 14.1. The van der Waals surface area contributed by atoms with Gasteiger partial charge in [-0.05, 0) is 61.2 Å². The first-order valence-electron chi connectivity index (χ1n) is 14.2. The number of amides is 1. The van der Waals surface area contributed by atoms with Crippen LogP contribution in [0.2, 0.25) is 0 Å². The van der Waals surface area contributed by atoms with Gasteiger partial charge in [-0.2, -0.15) is 0 Å². The van der Waals surface area contributed by atoms with Gasteiger partial charge in [0.25, 0.3) is 5.91 Å². The maximum Gasteiger partial charge on any atom is 0.254 e. The fourth-order valence-corrected chi connectivity index (χ4v) is 6.22. The van der Waals surface area contributed by atoms with Gasteiger partial charge in [-0.3, -0.25) is 14.4 Å². The fraction of sp³-hybridized carbons (Fsp3) is 0.229. The van der Waals surface area contributed by atoms with Crippen LogP contribution >= 0.6 is 0 Å². The van der Waals surface area contributed by atoms with E-state index in [0.29, 0.717) is 57.3 Å². The van der Waals surface area contributed by atoms with E-state index in [0.717, 1.165) is 5.56 Å². The predicted octanol–water partition coefficient (Wildman–Crippen LogP) is 5.82. The fourth-order valence-electron chi connectivity index (χ4n) is 6.22. The molecule has 0 saturated heterocycles. The van der Waals surface area contributed by atoms with Crippen LogP contribution in [0.4, 0.5) is 5.69 Å². The molecule has 1 amide bonds. The first-order valence-corrected chi connectivity index (χ1v) is 14.2. The van der Waals surface area contributed by atoms with Crippen molar-refractivity contribution in [3.8, 4) is 17.2 Å². The molecule has 1 aliphatic heterocycles. The van der Waals surface area contributed by atoms with Crippen LogP contribution in [0.1, 0.15) is 42.7 Å². The number of hydrogen-bond donors (Lipinski definition) is 2. The maximum atomic E-state index is 14.1. The Labute approximate surface area is 254 Å². The molecule has 0 bridgehead atoms. The summed E-state index contributed by atoms with van der Waals surface area (Å²) in [5.74, 6) is -0.0613. The van der Waals surface area contributed by atoms with Crippen LogP contribution in [0.25, 0.3) is 11.0 Å². The number of ether oxygens (including phenoxy) is 3. The number of Topliss-reactive ketones (excluding diaryl/α,β-unsaturated/α-hetero) is 1. The molecule has 2 aliphatic rings. The molecule has 2 N–H and O–H groups in total. The first kappa shape index (κ1) is 28.8. The highest BCUT2D eigenvalue weighted by atomic mass is 16.5. The molecular weight excluding hydrogens is 560 g/mol. The highest BCUT2D eigenvalue weighted by Crippen LogP contribution is 2.46. The summed E-state index contributed by atoms with van der Waals surface area (Å²) in [6.45, 7) is 1.78. The molecule has 3 aromatic carbocycles. The van der Waals surface area contributed by atoms with Gasteiger partial charge in [0, 0.05) is 34.5 Å². The van der Waals surface area contributed by atoms with Crippen LogP contribution in [0, 0.1) is 0 Å². The number of carbonyl (C=O) groups excluding carboxylic acids is 2. The lowest BCUT2D eigenvalue weighted by molar-refractivity contribution is -0.116. The number of dihydropyridines is 1. The molecule has 0 radical (unpaired) electrons. The molecule has 2 heterocycles. The van der Waals surface area contributed by atoms with Crippen molar-refractivity contribution in [1.29, 1.82) is 0 Å². The Balaban J connectivity index is 1.47. The monoisotopic (exact) mass is 592 g/mol. The van der Waals surface area contributed by atoms with Crippen LogP contribution < -0.4 is 30.3 Å². The molecule has 6 rings (SSSR count). The van der Waals surface area contributed by atoms with Crippen LogP contribution in [0.5, 0.6) is 17.2 Å². The molecular formula is C35H32N2O7. The summed E-state index contributed by atoms with van der Waals surface area (Å²) < 4.78 is 22.2. The third-order valence-electron chi connectivity index (χ3n) is 8.32. The number of fused-ring (bicyclic) bond motifs is 1. The summed E-state index contributed by atoms with van der Waals surface area (Å²) in [5.41, 5.74) is 3.60. The minimum absolute atomic E-state index is 0.154. The van der Waals surface area contributed by atoms with Crippen molar-refractivity contribution in [3.05, 3.63) is 117 Å². The van der Waals surface area contributed by atoms with Crippen molar-refractivity contribution in [1.82, 2.24) is 5.32 Å². The summed E-state index contributed by atoms with van der Waals surface area (Å²) in [4.78, 5) is 42.1. The number of ketones is 1. The molecule has 9 nitrogen and oxygen atoms in total. The Kier molecular flexibility index (Phi) is 7.69. The molecule has 2 atom stereocenters. The van der Waals surface area contributed by atoms with Gasteiger partial charge in [-0.15, -0.1) is 0 Å². The van der Waals surface area contributed by atoms with Crippen LogP contribution in [0.15, 0.2) is 105 Å². The van der Waals surface area contributed by atoms with Crippen molar-refractivity contribution in [2.24, 2.45) is 0 Å². The molecule has 224 valence electrons. The average Bonchev–Trinajstić information content (AvgIpc) is 3.04. The zero-order valence-corrected chi connectivity index (χ0v) is 24.9. The Morgan fingerprint density at radius 1 is 0.886 bits per heavy atom. The summed E-state index contributed by atoms with van der Waals surface area (Å²) in [7, 11) is 4.67. The first-order chi connectivity index (χ1) is 21.3. The number of anilines is 1.